The molecule has 0 amide bonds. The number of nitrogens with zero attached hydrogens (tertiary/aromatic N) is 9. The van der Waals surface area contributed by atoms with Gasteiger partial charge in [-0.25, -0.2) is 8.78 Å². The molecule has 5 aromatic heterocycles. The highest BCUT2D eigenvalue weighted by Crippen LogP contribution is 2.34. The van der Waals surface area contributed by atoms with E-state index in [-0.39, 0.29) is 23.7 Å². The number of aromatic amines is 2. The minimum Gasteiger partial charge on any atom is -0.491 e. The Morgan fingerprint density at radius 1 is 0.581 bits per heavy atom. The molecule has 1 unspecified atom stereocenters. The zero-order chi connectivity index (χ0) is 50.4. The van der Waals surface area contributed by atoms with Crippen molar-refractivity contribution in [3.05, 3.63) is 181 Å². The average Bonchev–Trinajstić information content (AvgIpc) is 4.29. The second-order valence-electron chi connectivity index (χ2n) is 19.3. The number of nitrogens with one attached hydrogen (secondary N) is 2. The van der Waals surface area contributed by atoms with Crippen LogP contribution in [-0.4, -0.2) is 101 Å². The number of piperidine rings is 2. The first-order valence-corrected chi connectivity index (χ1v) is 25.4. The molecule has 0 spiro atoms. The second kappa shape index (κ2) is 22.1. The van der Waals surface area contributed by atoms with Crippen molar-refractivity contribution in [1.82, 2.24) is 54.7 Å². The summed E-state index contributed by atoms with van der Waals surface area (Å²) in [5, 5.41) is 27.0. The molecule has 2 fully saturated rings. The van der Waals surface area contributed by atoms with Gasteiger partial charge in [-0.3, -0.25) is 34.3 Å². The molecule has 10 aromatic rings. The fourth-order valence-corrected chi connectivity index (χ4v) is 10.5. The van der Waals surface area contributed by atoms with E-state index in [1.807, 2.05) is 61.8 Å². The van der Waals surface area contributed by atoms with Gasteiger partial charge in [0.25, 0.3) is 0 Å². The summed E-state index contributed by atoms with van der Waals surface area (Å²) in [6.45, 7) is 7.53. The van der Waals surface area contributed by atoms with E-state index < -0.39 is 0 Å². The summed E-state index contributed by atoms with van der Waals surface area (Å²) < 4.78 is 44.2. The quantitative estimate of drug-likeness (QED) is 0.102. The smallest absolute Gasteiger partial charge is 0.131 e. The maximum atomic E-state index is 14.8. The predicted molar refractivity (Wildman–Crippen MR) is 285 cm³/mol. The van der Waals surface area contributed by atoms with Crippen molar-refractivity contribution in [2.45, 2.75) is 57.8 Å². The number of fused-ring (bicyclic) bond motifs is 2. The standard InChI is InChI=1S/C31H32FN5O2.C28H27FN6/c1-38-15-16-39-30-11-5-10-28(32)27(30)21-36-14-6-9-25(20-36)37-19-24(18-33-37)23-12-13-29-26(17-23)31(35-34-29)22-7-3-2-4-8-22;1-19-4-2-6-26(29)25(19)18-34-13-3-5-23(17-34)35-16-22(15-31-35)21-7-8-27-24(14-21)28(33-32-27)20-9-11-30-12-10-20/h2-5,7-8,10-13,17-19,25H,6,9,14-16,20-21H2,1H3,(H,34,35);2,4,6-12,14-16,23H,3,5,13,17-18H2,1H3,(H,32,33)/t;23-/m.1/s1. The van der Waals surface area contributed by atoms with E-state index in [0.717, 1.165) is 130 Å². The largest absolute Gasteiger partial charge is 0.491 e. The van der Waals surface area contributed by atoms with Gasteiger partial charge in [-0.2, -0.15) is 20.4 Å². The van der Waals surface area contributed by atoms with Crippen LogP contribution in [0.1, 0.15) is 54.5 Å². The molecule has 2 saturated heterocycles. The molecular weight excluding hydrogens is 933 g/mol. The van der Waals surface area contributed by atoms with Crippen LogP contribution in [-0.2, 0) is 17.8 Å². The number of pyridine rings is 1. The lowest BCUT2D eigenvalue weighted by atomic mass is 10.0. The number of benzene rings is 5. The van der Waals surface area contributed by atoms with Gasteiger partial charge in [0, 0.05) is 102 Å². The highest BCUT2D eigenvalue weighted by molar-refractivity contribution is 5.96. The molecule has 0 bridgehead atoms. The first kappa shape index (κ1) is 48.4. The van der Waals surface area contributed by atoms with E-state index in [1.165, 1.54) is 6.07 Å². The van der Waals surface area contributed by atoms with E-state index in [9.17, 15) is 8.78 Å². The van der Waals surface area contributed by atoms with Gasteiger partial charge < -0.3 is 9.47 Å². The lowest BCUT2D eigenvalue weighted by molar-refractivity contribution is 0.140. The highest BCUT2D eigenvalue weighted by atomic mass is 19.1. The van der Waals surface area contributed by atoms with Crippen LogP contribution in [0.3, 0.4) is 0 Å². The summed E-state index contributed by atoms with van der Waals surface area (Å²) in [7, 11) is 1.63. The van der Waals surface area contributed by atoms with Crippen molar-refractivity contribution >= 4 is 21.8 Å². The molecule has 2 N–H and O–H groups in total. The minimum atomic E-state index is -0.238. The number of methoxy groups -OCH3 is 1. The first-order chi connectivity index (χ1) is 36.3. The van der Waals surface area contributed by atoms with Gasteiger partial charge in [-0.1, -0.05) is 60.7 Å². The number of ether oxygens (including phenoxy) is 2. The van der Waals surface area contributed by atoms with Gasteiger partial charge in [0.1, 0.15) is 29.7 Å². The van der Waals surface area contributed by atoms with E-state index in [2.05, 4.69) is 105 Å². The van der Waals surface area contributed by atoms with Crippen molar-refractivity contribution in [2.24, 2.45) is 0 Å². The van der Waals surface area contributed by atoms with Crippen LogP contribution in [0.4, 0.5) is 8.78 Å². The Balaban J connectivity index is 0.000000160. The number of aryl methyl sites for hydroxylation is 1. The number of hydrogen-bond donors (Lipinski definition) is 2. The molecule has 12 rings (SSSR count). The third-order valence-electron chi connectivity index (χ3n) is 14.4. The Morgan fingerprint density at radius 2 is 1.14 bits per heavy atom. The van der Waals surface area contributed by atoms with Gasteiger partial charge in [0.15, 0.2) is 0 Å². The summed E-state index contributed by atoms with van der Waals surface area (Å²) in [5.41, 5.74) is 12.7. The molecule has 0 aliphatic carbocycles. The molecule has 0 radical (unpaired) electrons. The zero-order valence-electron chi connectivity index (χ0n) is 41.7. The predicted octanol–water partition coefficient (Wildman–Crippen LogP) is 11.9. The Hall–Kier alpha value is -7.85. The number of aromatic nitrogens is 9. The normalized spacial score (nSPS) is 16.4. The molecule has 376 valence electrons. The maximum absolute atomic E-state index is 14.8. The second-order valence-corrected chi connectivity index (χ2v) is 19.3. The van der Waals surface area contributed by atoms with Crippen molar-refractivity contribution in [3.63, 3.8) is 0 Å². The molecule has 2 aliphatic rings. The summed E-state index contributed by atoms with van der Waals surface area (Å²) in [6, 6.07) is 37.7. The molecular formula is C59H59F2N11O2. The minimum absolute atomic E-state index is 0.116. The van der Waals surface area contributed by atoms with Crippen LogP contribution in [0, 0.1) is 18.6 Å². The number of likely N-dealkylation sites (tertiary alicyclic amines) is 2. The van der Waals surface area contributed by atoms with Crippen LogP contribution in [0.2, 0.25) is 0 Å². The van der Waals surface area contributed by atoms with Gasteiger partial charge in [0.2, 0.25) is 0 Å². The summed E-state index contributed by atoms with van der Waals surface area (Å²) >= 11 is 0. The highest BCUT2D eigenvalue weighted by Gasteiger charge is 2.26. The zero-order valence-corrected chi connectivity index (χ0v) is 41.7. The Morgan fingerprint density at radius 3 is 1.72 bits per heavy atom. The van der Waals surface area contributed by atoms with Crippen LogP contribution in [0.5, 0.6) is 5.75 Å². The fourth-order valence-electron chi connectivity index (χ4n) is 10.5. The van der Waals surface area contributed by atoms with Crippen LogP contribution < -0.4 is 4.74 Å². The van der Waals surface area contributed by atoms with E-state index in [0.29, 0.717) is 37.6 Å². The fraction of sp³-hybridized carbons (Fsp3) is 0.271. The topological polar surface area (TPSA) is 131 Å². The Bertz CT molecular complexity index is 3460. The summed E-state index contributed by atoms with van der Waals surface area (Å²) in [6.07, 6.45) is 15.9. The van der Waals surface area contributed by atoms with Crippen molar-refractivity contribution in [1.29, 1.82) is 0 Å². The number of halogens is 2. The van der Waals surface area contributed by atoms with Crippen molar-refractivity contribution < 1.29 is 18.3 Å². The van der Waals surface area contributed by atoms with Gasteiger partial charge >= 0.3 is 0 Å². The Kier molecular flexibility index (Phi) is 14.5. The van der Waals surface area contributed by atoms with E-state index in [1.54, 1.807) is 37.7 Å². The molecule has 2 atom stereocenters. The van der Waals surface area contributed by atoms with Gasteiger partial charge in [0.05, 0.1) is 47.8 Å². The maximum Gasteiger partial charge on any atom is 0.131 e. The summed E-state index contributed by atoms with van der Waals surface area (Å²) in [4.78, 5) is 8.75. The number of hydrogen-bond acceptors (Lipinski definition) is 9. The third-order valence-corrected chi connectivity index (χ3v) is 14.4. The lowest BCUT2D eigenvalue weighted by Crippen LogP contribution is -2.36. The molecule has 0 saturated carbocycles. The van der Waals surface area contributed by atoms with Crippen molar-refractivity contribution in [2.75, 3.05) is 46.5 Å². The third kappa shape index (κ3) is 10.6. The molecule has 13 nitrogen and oxygen atoms in total. The summed E-state index contributed by atoms with van der Waals surface area (Å²) in [5.74, 6) is 0.229. The van der Waals surface area contributed by atoms with Crippen LogP contribution in [0.15, 0.2) is 152 Å². The average molecular weight is 992 g/mol. The van der Waals surface area contributed by atoms with E-state index in [4.69, 9.17) is 19.7 Å². The molecule has 7 heterocycles. The first-order valence-electron chi connectivity index (χ1n) is 25.4. The van der Waals surface area contributed by atoms with Crippen molar-refractivity contribution in [3.8, 4) is 50.5 Å². The van der Waals surface area contributed by atoms with E-state index >= 15 is 0 Å². The Labute approximate surface area is 428 Å². The monoisotopic (exact) mass is 991 g/mol. The van der Waals surface area contributed by atoms with Gasteiger partial charge in [-0.05, 0) is 117 Å². The molecule has 5 aromatic carbocycles. The van der Waals surface area contributed by atoms with Gasteiger partial charge in [-0.15, -0.1) is 0 Å². The molecule has 74 heavy (non-hydrogen) atoms. The molecule has 15 heteroatoms. The van der Waals surface area contributed by atoms with Crippen LogP contribution in [0.25, 0.3) is 66.6 Å². The number of rotatable bonds is 14. The number of H-pyrrole nitrogens is 2. The lowest BCUT2D eigenvalue weighted by Gasteiger charge is -2.33. The molecule has 2 aliphatic heterocycles. The van der Waals surface area contributed by atoms with Crippen LogP contribution >= 0.6 is 0 Å². The SMILES string of the molecule is COCCOc1cccc(F)c1CN1CCCC(n2cc(-c3ccc4[nH]nc(-c5ccccc5)c4c3)cn2)C1.Cc1cccc(F)c1CN1CCC[C@@H](n2cc(-c3ccc4[nH]nc(-c5ccncc5)c4c3)cn2)C1.